The lowest BCUT2D eigenvalue weighted by Gasteiger charge is -2.07. The summed E-state index contributed by atoms with van der Waals surface area (Å²) < 4.78 is 5.07. The molecule has 1 aliphatic rings. The molecule has 0 aromatic heterocycles. The standard InChI is InChI=1S/C10H10Cl2O/c1-13-10-8(11)4-7(5-9(10)12)6-2-3-6/h4-6H,2-3H2,1H3. The van der Waals surface area contributed by atoms with Crippen LogP contribution in [0.4, 0.5) is 0 Å². The van der Waals surface area contributed by atoms with Gasteiger partial charge in [-0.25, -0.2) is 0 Å². The van der Waals surface area contributed by atoms with Gasteiger partial charge in [0.1, 0.15) is 0 Å². The first kappa shape index (κ1) is 9.17. The summed E-state index contributed by atoms with van der Waals surface area (Å²) in [7, 11) is 1.57. The number of ether oxygens (including phenoxy) is 1. The lowest BCUT2D eigenvalue weighted by molar-refractivity contribution is 0.415. The van der Waals surface area contributed by atoms with Gasteiger partial charge in [-0.15, -0.1) is 0 Å². The smallest absolute Gasteiger partial charge is 0.156 e. The van der Waals surface area contributed by atoms with Crippen LogP contribution in [-0.2, 0) is 0 Å². The van der Waals surface area contributed by atoms with E-state index < -0.39 is 0 Å². The van der Waals surface area contributed by atoms with Crippen LogP contribution in [-0.4, -0.2) is 7.11 Å². The van der Waals surface area contributed by atoms with Crippen molar-refractivity contribution in [1.82, 2.24) is 0 Å². The van der Waals surface area contributed by atoms with Crippen molar-refractivity contribution in [3.05, 3.63) is 27.7 Å². The summed E-state index contributed by atoms with van der Waals surface area (Å²) >= 11 is 12.0. The zero-order chi connectivity index (χ0) is 9.42. The van der Waals surface area contributed by atoms with Crippen LogP contribution in [0, 0.1) is 0 Å². The minimum Gasteiger partial charge on any atom is -0.494 e. The molecule has 0 bridgehead atoms. The quantitative estimate of drug-likeness (QED) is 0.730. The molecule has 1 aromatic carbocycles. The molecule has 0 saturated heterocycles. The summed E-state index contributed by atoms with van der Waals surface area (Å²) in [5, 5.41) is 1.22. The van der Waals surface area contributed by atoms with Crippen molar-refractivity contribution in [3.8, 4) is 5.75 Å². The molecule has 0 amide bonds. The van der Waals surface area contributed by atoms with Gasteiger partial charge >= 0.3 is 0 Å². The number of hydrogen-bond donors (Lipinski definition) is 0. The topological polar surface area (TPSA) is 9.23 Å². The van der Waals surface area contributed by atoms with Gasteiger partial charge in [0.2, 0.25) is 0 Å². The van der Waals surface area contributed by atoms with E-state index in [1.807, 2.05) is 12.1 Å². The molecule has 0 heterocycles. The Morgan fingerprint density at radius 2 is 1.77 bits per heavy atom. The Morgan fingerprint density at radius 1 is 1.23 bits per heavy atom. The van der Waals surface area contributed by atoms with Crippen LogP contribution in [0.1, 0.15) is 24.3 Å². The summed E-state index contributed by atoms with van der Waals surface area (Å²) in [6.45, 7) is 0. The fraction of sp³-hybridized carbons (Fsp3) is 0.400. The van der Waals surface area contributed by atoms with Crippen LogP contribution in [0.5, 0.6) is 5.75 Å². The number of methoxy groups -OCH3 is 1. The van der Waals surface area contributed by atoms with E-state index in [0.717, 1.165) is 0 Å². The second-order valence-corrected chi connectivity index (χ2v) is 4.11. The number of benzene rings is 1. The summed E-state index contributed by atoms with van der Waals surface area (Å²) in [5.41, 5.74) is 1.23. The molecule has 0 N–H and O–H groups in total. The molecule has 3 heteroatoms. The maximum absolute atomic E-state index is 6.00. The number of rotatable bonds is 2. The van der Waals surface area contributed by atoms with Crippen LogP contribution in [0.2, 0.25) is 10.0 Å². The molecule has 1 fully saturated rings. The Morgan fingerprint density at radius 3 is 2.15 bits per heavy atom. The van der Waals surface area contributed by atoms with E-state index >= 15 is 0 Å². The predicted molar refractivity (Wildman–Crippen MR) is 55.0 cm³/mol. The second-order valence-electron chi connectivity index (χ2n) is 3.29. The Balaban J connectivity index is 2.42. The molecule has 70 valence electrons. The van der Waals surface area contributed by atoms with Gasteiger partial charge in [-0.1, -0.05) is 23.2 Å². The Kier molecular flexibility index (Phi) is 2.39. The van der Waals surface area contributed by atoms with Gasteiger partial charge in [-0.3, -0.25) is 0 Å². The average Bonchev–Trinajstić information content (AvgIpc) is 2.85. The number of halogens is 2. The molecule has 1 aliphatic carbocycles. The molecule has 0 aliphatic heterocycles. The van der Waals surface area contributed by atoms with Crippen molar-refractivity contribution in [3.63, 3.8) is 0 Å². The summed E-state index contributed by atoms with van der Waals surface area (Å²) in [6, 6.07) is 3.90. The van der Waals surface area contributed by atoms with Gasteiger partial charge in [0.05, 0.1) is 17.2 Å². The van der Waals surface area contributed by atoms with E-state index in [4.69, 9.17) is 27.9 Å². The molecule has 1 aromatic rings. The van der Waals surface area contributed by atoms with Crippen molar-refractivity contribution in [1.29, 1.82) is 0 Å². The lowest BCUT2D eigenvalue weighted by Crippen LogP contribution is -1.88. The van der Waals surface area contributed by atoms with Crippen molar-refractivity contribution in [2.24, 2.45) is 0 Å². The van der Waals surface area contributed by atoms with Crippen molar-refractivity contribution >= 4 is 23.2 Å². The Bertz CT molecular complexity index is 309. The highest BCUT2D eigenvalue weighted by Gasteiger charge is 2.25. The Hall–Kier alpha value is -0.400. The minimum atomic E-state index is 0.577. The summed E-state index contributed by atoms with van der Waals surface area (Å²) in [4.78, 5) is 0. The van der Waals surface area contributed by atoms with E-state index in [0.29, 0.717) is 21.7 Å². The van der Waals surface area contributed by atoms with E-state index in [-0.39, 0.29) is 0 Å². The normalized spacial score (nSPS) is 15.9. The average molecular weight is 217 g/mol. The van der Waals surface area contributed by atoms with Crippen molar-refractivity contribution in [2.75, 3.05) is 7.11 Å². The third-order valence-corrected chi connectivity index (χ3v) is 2.83. The van der Waals surface area contributed by atoms with E-state index in [9.17, 15) is 0 Å². The first-order valence-electron chi connectivity index (χ1n) is 4.25. The van der Waals surface area contributed by atoms with Gasteiger partial charge in [-0.2, -0.15) is 0 Å². The largest absolute Gasteiger partial charge is 0.494 e. The summed E-state index contributed by atoms with van der Waals surface area (Å²) in [5.74, 6) is 1.24. The number of hydrogen-bond acceptors (Lipinski definition) is 1. The first-order valence-corrected chi connectivity index (χ1v) is 5.01. The molecule has 0 radical (unpaired) electrons. The highest BCUT2D eigenvalue weighted by Crippen LogP contribution is 2.44. The molecular formula is C10H10Cl2O. The predicted octanol–water partition coefficient (Wildman–Crippen LogP) is 3.88. The van der Waals surface area contributed by atoms with Crippen LogP contribution < -0.4 is 4.74 Å². The first-order chi connectivity index (χ1) is 6.22. The van der Waals surface area contributed by atoms with Gasteiger partial charge < -0.3 is 4.74 Å². The molecule has 0 atom stereocenters. The fourth-order valence-corrected chi connectivity index (χ4v) is 2.09. The van der Waals surface area contributed by atoms with Gasteiger partial charge in [0.15, 0.2) is 5.75 Å². The van der Waals surface area contributed by atoms with E-state index in [1.165, 1.54) is 18.4 Å². The molecule has 0 unspecified atom stereocenters. The van der Waals surface area contributed by atoms with Gasteiger partial charge in [0, 0.05) is 0 Å². The lowest BCUT2D eigenvalue weighted by atomic mass is 10.1. The van der Waals surface area contributed by atoms with Crippen LogP contribution in [0.3, 0.4) is 0 Å². The molecule has 1 saturated carbocycles. The highest BCUT2D eigenvalue weighted by molar-refractivity contribution is 6.37. The minimum absolute atomic E-state index is 0.577. The molecule has 0 spiro atoms. The van der Waals surface area contributed by atoms with Crippen LogP contribution >= 0.6 is 23.2 Å². The van der Waals surface area contributed by atoms with E-state index in [1.54, 1.807) is 7.11 Å². The molecule has 1 nitrogen and oxygen atoms in total. The monoisotopic (exact) mass is 216 g/mol. The maximum Gasteiger partial charge on any atom is 0.156 e. The second kappa shape index (κ2) is 3.39. The highest BCUT2D eigenvalue weighted by atomic mass is 35.5. The third-order valence-electron chi connectivity index (χ3n) is 2.27. The maximum atomic E-state index is 6.00. The molecule has 13 heavy (non-hydrogen) atoms. The Labute approximate surface area is 87.6 Å². The zero-order valence-electron chi connectivity index (χ0n) is 7.31. The fourth-order valence-electron chi connectivity index (χ4n) is 1.43. The van der Waals surface area contributed by atoms with Crippen molar-refractivity contribution in [2.45, 2.75) is 18.8 Å². The van der Waals surface area contributed by atoms with Gasteiger partial charge in [0.25, 0.3) is 0 Å². The van der Waals surface area contributed by atoms with Crippen LogP contribution in [0.25, 0.3) is 0 Å². The van der Waals surface area contributed by atoms with Crippen LogP contribution in [0.15, 0.2) is 12.1 Å². The zero-order valence-corrected chi connectivity index (χ0v) is 8.82. The third kappa shape index (κ3) is 1.77. The molecule has 2 rings (SSSR count). The van der Waals surface area contributed by atoms with Gasteiger partial charge in [-0.05, 0) is 36.5 Å². The SMILES string of the molecule is COc1c(Cl)cc(C2CC2)cc1Cl. The summed E-state index contributed by atoms with van der Waals surface area (Å²) in [6.07, 6.45) is 2.50. The van der Waals surface area contributed by atoms with Crippen molar-refractivity contribution < 1.29 is 4.74 Å². The molecular weight excluding hydrogens is 207 g/mol. The van der Waals surface area contributed by atoms with E-state index in [2.05, 4.69) is 0 Å².